The monoisotopic (exact) mass is 397 g/mol. The zero-order chi connectivity index (χ0) is 19.0. The van der Waals surface area contributed by atoms with Crippen LogP contribution in [0.15, 0.2) is 58.6 Å². The molecule has 6 nitrogen and oxygen atoms in total. The van der Waals surface area contributed by atoms with Gasteiger partial charge in [0.1, 0.15) is 5.15 Å². The first-order valence-corrected chi connectivity index (χ1v) is 9.89. The molecule has 8 heteroatoms. The number of thioether (sulfide) groups is 1. The molecular weight excluding hydrogens is 382 g/mol. The van der Waals surface area contributed by atoms with Crippen molar-refractivity contribution in [2.45, 2.75) is 18.6 Å². The SMILES string of the molecule is CSc1nc2n(Cc3ccc(Cl)nc3)c(C)c(-c3ccccc3)c(=O)n2n1. The zero-order valence-electron chi connectivity index (χ0n) is 14.8. The van der Waals surface area contributed by atoms with Gasteiger partial charge >= 0.3 is 0 Å². The first-order valence-electron chi connectivity index (χ1n) is 8.28. The van der Waals surface area contributed by atoms with E-state index >= 15 is 0 Å². The number of nitrogens with zero attached hydrogens (tertiary/aromatic N) is 5. The highest BCUT2D eigenvalue weighted by molar-refractivity contribution is 7.98. The van der Waals surface area contributed by atoms with Gasteiger partial charge in [-0.1, -0.05) is 59.8 Å². The molecule has 4 rings (SSSR count). The summed E-state index contributed by atoms with van der Waals surface area (Å²) in [4.78, 5) is 21.8. The summed E-state index contributed by atoms with van der Waals surface area (Å²) in [5.74, 6) is 0.511. The summed E-state index contributed by atoms with van der Waals surface area (Å²) in [6.45, 7) is 2.44. The van der Waals surface area contributed by atoms with Crippen molar-refractivity contribution in [3.05, 3.63) is 75.4 Å². The van der Waals surface area contributed by atoms with Crippen LogP contribution >= 0.6 is 23.4 Å². The number of pyridine rings is 1. The van der Waals surface area contributed by atoms with Crippen molar-refractivity contribution in [2.75, 3.05) is 6.26 Å². The van der Waals surface area contributed by atoms with Crippen molar-refractivity contribution in [3.63, 3.8) is 0 Å². The van der Waals surface area contributed by atoms with Gasteiger partial charge in [0.05, 0.1) is 12.1 Å². The lowest BCUT2D eigenvalue weighted by Gasteiger charge is -2.15. The van der Waals surface area contributed by atoms with E-state index in [0.717, 1.165) is 16.8 Å². The number of hydrogen-bond acceptors (Lipinski definition) is 5. The molecule has 0 saturated carbocycles. The Morgan fingerprint density at radius 3 is 2.59 bits per heavy atom. The minimum atomic E-state index is -0.174. The van der Waals surface area contributed by atoms with E-state index in [1.807, 2.05) is 54.1 Å². The first kappa shape index (κ1) is 17.8. The lowest BCUT2D eigenvalue weighted by molar-refractivity contribution is 0.730. The molecule has 0 aliphatic heterocycles. The summed E-state index contributed by atoms with van der Waals surface area (Å²) in [5.41, 5.74) is 3.08. The van der Waals surface area contributed by atoms with Crippen LogP contribution in [0.1, 0.15) is 11.3 Å². The molecule has 0 N–H and O–H groups in total. The maximum atomic E-state index is 13.1. The fourth-order valence-corrected chi connectivity index (χ4v) is 3.49. The average Bonchev–Trinajstić information content (AvgIpc) is 3.12. The molecule has 0 fully saturated rings. The number of fused-ring (bicyclic) bond motifs is 1. The second kappa shape index (κ2) is 7.17. The van der Waals surface area contributed by atoms with Crippen molar-refractivity contribution in [1.82, 2.24) is 24.1 Å². The highest BCUT2D eigenvalue weighted by Gasteiger charge is 2.19. The smallest absolute Gasteiger partial charge is 0.283 e. The molecule has 0 bridgehead atoms. The van der Waals surface area contributed by atoms with Crippen molar-refractivity contribution in [1.29, 1.82) is 0 Å². The van der Waals surface area contributed by atoms with E-state index in [1.54, 1.807) is 12.3 Å². The number of hydrogen-bond donors (Lipinski definition) is 0. The highest BCUT2D eigenvalue weighted by atomic mass is 35.5. The van der Waals surface area contributed by atoms with E-state index in [0.29, 0.717) is 28.2 Å². The first-order chi connectivity index (χ1) is 13.1. The summed E-state index contributed by atoms with van der Waals surface area (Å²) in [5, 5.41) is 5.37. The van der Waals surface area contributed by atoms with Crippen LogP contribution < -0.4 is 5.56 Å². The van der Waals surface area contributed by atoms with Gasteiger partial charge in [0.15, 0.2) is 0 Å². The third kappa shape index (κ3) is 3.24. The van der Waals surface area contributed by atoms with Gasteiger partial charge in [0.25, 0.3) is 5.56 Å². The zero-order valence-corrected chi connectivity index (χ0v) is 16.3. The third-order valence-electron chi connectivity index (χ3n) is 4.36. The Balaban J connectivity index is 1.99. The maximum Gasteiger partial charge on any atom is 0.283 e. The quantitative estimate of drug-likeness (QED) is 0.388. The normalized spacial score (nSPS) is 11.2. The van der Waals surface area contributed by atoms with Gasteiger partial charge in [0.2, 0.25) is 10.9 Å². The fourth-order valence-electron chi connectivity index (χ4n) is 3.04. The number of benzene rings is 1. The Kier molecular flexibility index (Phi) is 4.72. The van der Waals surface area contributed by atoms with Crippen LogP contribution in [0.25, 0.3) is 16.9 Å². The largest absolute Gasteiger partial charge is 0.309 e. The Morgan fingerprint density at radius 1 is 1.15 bits per heavy atom. The minimum Gasteiger partial charge on any atom is -0.309 e. The molecule has 0 saturated heterocycles. The molecule has 0 amide bonds. The lowest BCUT2D eigenvalue weighted by Crippen LogP contribution is -2.24. The molecule has 3 heterocycles. The van der Waals surface area contributed by atoms with Crippen molar-refractivity contribution >= 4 is 29.1 Å². The van der Waals surface area contributed by atoms with Crippen LogP contribution in [0, 0.1) is 6.92 Å². The lowest BCUT2D eigenvalue weighted by atomic mass is 10.1. The number of rotatable bonds is 4. The maximum absolute atomic E-state index is 13.1. The Labute approximate surface area is 164 Å². The summed E-state index contributed by atoms with van der Waals surface area (Å²) >= 11 is 7.30. The average molecular weight is 398 g/mol. The molecule has 0 aliphatic carbocycles. The van der Waals surface area contributed by atoms with Crippen LogP contribution in [0.4, 0.5) is 0 Å². The standard InChI is InChI=1S/C19H16ClN5OS/c1-12-16(14-6-4-3-5-7-14)17(26)25-19(22-18(23-25)27-2)24(12)11-13-8-9-15(20)21-10-13/h3-10H,11H2,1-2H3. The van der Waals surface area contributed by atoms with E-state index in [-0.39, 0.29) is 5.56 Å². The van der Waals surface area contributed by atoms with E-state index in [2.05, 4.69) is 15.1 Å². The minimum absolute atomic E-state index is 0.174. The van der Waals surface area contributed by atoms with Gasteiger partial charge in [-0.05, 0) is 30.4 Å². The van der Waals surface area contributed by atoms with Crippen LogP contribution in [0.3, 0.4) is 0 Å². The van der Waals surface area contributed by atoms with Gasteiger partial charge in [0, 0.05) is 11.9 Å². The molecular formula is C19H16ClN5OS. The van der Waals surface area contributed by atoms with Crippen molar-refractivity contribution in [2.24, 2.45) is 0 Å². The van der Waals surface area contributed by atoms with Gasteiger partial charge in [-0.2, -0.15) is 9.50 Å². The third-order valence-corrected chi connectivity index (χ3v) is 5.12. The van der Waals surface area contributed by atoms with Crippen molar-refractivity contribution in [3.8, 4) is 11.1 Å². The van der Waals surface area contributed by atoms with Crippen molar-refractivity contribution < 1.29 is 0 Å². The molecule has 3 aromatic heterocycles. The van der Waals surface area contributed by atoms with Gasteiger partial charge in [-0.3, -0.25) is 4.79 Å². The van der Waals surface area contributed by atoms with E-state index in [9.17, 15) is 4.79 Å². The molecule has 0 aliphatic rings. The van der Waals surface area contributed by atoms with Crippen LogP contribution in [-0.4, -0.2) is 30.4 Å². The summed E-state index contributed by atoms with van der Waals surface area (Å²) in [6.07, 6.45) is 3.61. The second-order valence-corrected chi connectivity index (χ2v) is 7.18. The fraction of sp³-hybridized carbons (Fsp3) is 0.158. The van der Waals surface area contributed by atoms with Crippen LogP contribution in [0.2, 0.25) is 5.15 Å². The molecule has 0 unspecified atom stereocenters. The molecule has 0 radical (unpaired) electrons. The highest BCUT2D eigenvalue weighted by Crippen LogP contribution is 2.22. The Hall–Kier alpha value is -2.64. The van der Waals surface area contributed by atoms with E-state index < -0.39 is 0 Å². The van der Waals surface area contributed by atoms with E-state index in [1.165, 1.54) is 16.3 Å². The van der Waals surface area contributed by atoms with Gasteiger partial charge in [-0.25, -0.2) is 4.98 Å². The molecule has 27 heavy (non-hydrogen) atoms. The summed E-state index contributed by atoms with van der Waals surface area (Å²) in [6, 6.07) is 13.3. The van der Waals surface area contributed by atoms with E-state index in [4.69, 9.17) is 11.6 Å². The van der Waals surface area contributed by atoms with Gasteiger partial charge < -0.3 is 4.57 Å². The molecule has 0 atom stereocenters. The van der Waals surface area contributed by atoms with Crippen LogP contribution in [0.5, 0.6) is 0 Å². The Morgan fingerprint density at radius 2 is 1.93 bits per heavy atom. The molecule has 0 spiro atoms. The molecule has 4 aromatic rings. The summed E-state index contributed by atoms with van der Waals surface area (Å²) in [7, 11) is 0. The van der Waals surface area contributed by atoms with Gasteiger partial charge in [-0.15, -0.1) is 5.10 Å². The number of aromatic nitrogens is 5. The second-order valence-electron chi connectivity index (χ2n) is 6.02. The topological polar surface area (TPSA) is 65.1 Å². The predicted octanol–water partition coefficient (Wildman–Crippen LogP) is 3.69. The number of halogens is 1. The summed E-state index contributed by atoms with van der Waals surface area (Å²) < 4.78 is 3.37. The molecule has 136 valence electrons. The molecule has 1 aromatic carbocycles. The van der Waals surface area contributed by atoms with Crippen LogP contribution in [-0.2, 0) is 6.54 Å². The predicted molar refractivity (Wildman–Crippen MR) is 108 cm³/mol. The Bertz CT molecular complexity index is 1170.